The molecule has 0 bridgehead atoms. The van der Waals surface area contributed by atoms with Crippen molar-refractivity contribution in [3.8, 4) is 50.9 Å². The molecular formula is C75H60N4OPtSi-2. The zero-order valence-electron chi connectivity index (χ0n) is 69.2. The molecule has 0 aliphatic heterocycles. The molecule has 3 heterocycles. The van der Waals surface area contributed by atoms with E-state index < -0.39 is 191 Å². The van der Waals surface area contributed by atoms with Crippen LogP contribution < -0.4 is 30.1 Å². The smallest absolute Gasteiger partial charge is 0.268 e. The van der Waals surface area contributed by atoms with Crippen molar-refractivity contribution < 1.29 is 64.6 Å². The van der Waals surface area contributed by atoms with Crippen molar-refractivity contribution >= 4 is 61.7 Å². The summed E-state index contributed by atoms with van der Waals surface area (Å²) in [6, 6.07) is 14.8. The Morgan fingerprint density at radius 2 is 1.21 bits per heavy atom. The van der Waals surface area contributed by atoms with Crippen molar-refractivity contribution in [1.82, 2.24) is 14.1 Å². The quantitative estimate of drug-likeness (QED) is 0.0529. The van der Waals surface area contributed by atoms with Crippen LogP contribution in [0.25, 0.3) is 72.3 Å². The summed E-state index contributed by atoms with van der Waals surface area (Å²) < 4.78 is 244. The van der Waals surface area contributed by atoms with Crippen LogP contribution in [-0.2, 0) is 26.5 Å². The number of hydrogen-bond acceptors (Lipinski definition) is 2. The molecule has 0 amide bonds. The molecule has 1 saturated carbocycles. The maximum Gasteiger partial charge on any atom is 0.268 e. The van der Waals surface area contributed by atoms with Crippen LogP contribution in [0.3, 0.4) is 0 Å². The fourth-order valence-electron chi connectivity index (χ4n) is 11.2. The number of pyridine rings is 1. The minimum absolute atomic E-state index is 0. The minimum atomic E-state index is -6.21. The topological polar surface area (TPSA) is 35.9 Å². The van der Waals surface area contributed by atoms with Gasteiger partial charge in [-0.1, -0.05) is 245 Å². The fraction of sp³-hybridized carbons (Fsp3) is 0.120. The van der Waals surface area contributed by atoms with Crippen LogP contribution in [0, 0.1) is 18.5 Å². The van der Waals surface area contributed by atoms with E-state index in [2.05, 4.69) is 18.5 Å². The van der Waals surface area contributed by atoms with Crippen LogP contribution in [0.5, 0.6) is 11.5 Å². The van der Waals surface area contributed by atoms with E-state index in [0.29, 0.717) is 52.0 Å². The van der Waals surface area contributed by atoms with E-state index >= 15 is 0 Å². The summed E-state index contributed by atoms with van der Waals surface area (Å²) in [6.07, 6.45) is 7.40. The minimum Gasteiger partial charge on any atom is -0.510 e. The summed E-state index contributed by atoms with van der Waals surface area (Å²) in [7, 11) is -6.21. The summed E-state index contributed by atoms with van der Waals surface area (Å²) in [6.45, 7) is 5.68. The fourth-order valence-corrected chi connectivity index (χ4v) is 14.7. The van der Waals surface area contributed by atoms with E-state index in [1.165, 1.54) is 12.3 Å². The van der Waals surface area contributed by atoms with E-state index in [-0.39, 0.29) is 54.9 Å². The van der Waals surface area contributed by atoms with Crippen molar-refractivity contribution in [3.63, 3.8) is 0 Å². The van der Waals surface area contributed by atoms with Gasteiger partial charge in [0, 0.05) is 51.2 Å². The number of ether oxygens (including phenoxy) is 1. The number of para-hydroxylation sites is 4. The molecule has 402 valence electrons. The predicted molar refractivity (Wildman–Crippen MR) is 334 cm³/mol. The molecule has 1 aliphatic carbocycles. The predicted octanol–water partition coefficient (Wildman–Crippen LogP) is 15.3. The molecule has 1 fully saturated rings. The Balaban J connectivity index is 0.0000101. The number of rotatable bonds is 12. The Hall–Kier alpha value is -8.67. The van der Waals surface area contributed by atoms with Crippen molar-refractivity contribution in [2.45, 2.75) is 57.8 Å². The Labute approximate surface area is 531 Å². The third-order valence-electron chi connectivity index (χ3n) is 14.8. The summed E-state index contributed by atoms with van der Waals surface area (Å²) in [5.41, 5.74) is 2.67. The van der Waals surface area contributed by atoms with Crippen LogP contribution in [0.2, 0.25) is 0 Å². The van der Waals surface area contributed by atoms with Crippen molar-refractivity contribution in [2.24, 2.45) is 0 Å². The number of fused-ring (bicyclic) bond motifs is 4. The third kappa shape index (κ3) is 9.34. The van der Waals surface area contributed by atoms with Gasteiger partial charge >= 0.3 is 0 Å². The molecule has 0 saturated heterocycles. The maximum atomic E-state index is 10.8. The van der Waals surface area contributed by atoms with Crippen molar-refractivity contribution in [3.05, 3.63) is 284 Å². The van der Waals surface area contributed by atoms with Crippen LogP contribution >= 0.6 is 0 Å². The van der Waals surface area contributed by atoms with Crippen LogP contribution in [0.4, 0.5) is 0 Å². The monoisotopic (exact) mass is 1280 g/mol. The Kier molecular flexibility index (Phi) is 8.45. The van der Waals surface area contributed by atoms with Gasteiger partial charge in [-0.2, -0.15) is 18.2 Å². The second-order valence-corrected chi connectivity index (χ2v) is 24.0. The maximum absolute atomic E-state index is 10.8. The van der Waals surface area contributed by atoms with Gasteiger partial charge in [-0.25, -0.2) is 4.98 Å². The molecule has 13 aromatic rings. The van der Waals surface area contributed by atoms with Gasteiger partial charge in [0.1, 0.15) is 5.82 Å². The molecule has 0 N–H and O–H groups in total. The normalized spacial score (nSPS) is 17.6. The summed E-state index contributed by atoms with van der Waals surface area (Å²) in [5.74, 6) is -0.345. The van der Waals surface area contributed by atoms with Gasteiger partial charge in [0.25, 0.3) is 6.33 Å². The van der Waals surface area contributed by atoms with Crippen LogP contribution in [0.15, 0.2) is 254 Å². The molecule has 0 radical (unpaired) electrons. The van der Waals surface area contributed by atoms with Gasteiger partial charge in [0.15, 0.2) is 8.07 Å². The third-order valence-corrected chi connectivity index (χ3v) is 18.8. The van der Waals surface area contributed by atoms with Crippen molar-refractivity contribution in [1.29, 1.82) is 0 Å². The molecule has 0 atom stereocenters. The molecule has 82 heavy (non-hydrogen) atoms. The van der Waals surface area contributed by atoms with Gasteiger partial charge in [-0.3, -0.25) is 4.57 Å². The zero-order valence-corrected chi connectivity index (χ0v) is 47.5. The Morgan fingerprint density at radius 1 is 0.598 bits per heavy atom. The number of benzene rings is 10. The molecule has 0 unspecified atom stereocenters. The first-order valence-electron chi connectivity index (χ1n) is 38.8. The average molecular weight is 1280 g/mol. The molecule has 10 aromatic carbocycles. The first-order valence-corrected chi connectivity index (χ1v) is 28.3. The number of nitrogens with zero attached hydrogens (tertiary/aromatic N) is 4. The summed E-state index contributed by atoms with van der Waals surface area (Å²) in [5, 5.41) is -2.18. The summed E-state index contributed by atoms with van der Waals surface area (Å²) in [4.78, 5) is 4.93. The van der Waals surface area contributed by atoms with Gasteiger partial charge in [-0.15, -0.1) is 29.7 Å². The van der Waals surface area contributed by atoms with Gasteiger partial charge in [0.2, 0.25) is 0 Å². The molecular weight excluding hydrogens is 1200 g/mol. The second kappa shape index (κ2) is 22.0. The Bertz CT molecular complexity index is 5710. The number of imidazole rings is 1. The SMILES string of the molecule is [2H]c1c([2H])c([2H])c(-c2cnc(-n3c4[c-]c(Oc5[c-]c(-n6[c-][n+](-c7c(-c8c([2H])c([2H])c([2H])c([Si](c9c([2H])c([2H])c([2H])c([2H])c9[2H])(c9c([2H])c([2H])c([2H])c([2H])c9[2H])c9c([2H])c([2H])c([2H])c([2H])c9[2H])c8[2H])cccc7C(C)(C)C)c7ccccc76)ccc5)ccc4c4ccccc43)cc2C2([2H])CCCC2)c([2H])c1[2H].[Pt]. The zero-order chi connectivity index (χ0) is 76.3. The van der Waals surface area contributed by atoms with E-state index in [0.717, 1.165) is 29.1 Å². The molecule has 14 rings (SSSR count). The molecule has 1 aliphatic rings. The molecule has 0 spiro atoms. The van der Waals surface area contributed by atoms with E-state index in [1.807, 2.05) is 55.7 Å². The molecule has 7 heteroatoms. The largest absolute Gasteiger partial charge is 0.510 e. The first kappa shape index (κ1) is 31.5. The van der Waals surface area contributed by atoms with Crippen molar-refractivity contribution in [2.75, 3.05) is 0 Å². The van der Waals surface area contributed by atoms with E-state index in [1.54, 1.807) is 75.9 Å². The molecule has 3 aromatic heterocycles. The number of hydrogen-bond donors (Lipinski definition) is 0. The average Bonchev–Trinajstić information content (AvgIpc) is 1.35. The van der Waals surface area contributed by atoms with Gasteiger partial charge in [0.05, 0.1) is 49.6 Å². The standard InChI is InChI=1S/C75H60N4OSi.Pt/c1-75(2,3)68-41-24-40-63(55-29-22-38-62(47-55)81(59-32-10-5-11-33-59,60-34-12-6-13-35-60)61-36-14-7-15-37-61)74(68)78-52-77(70-43-20-21-44-71(70)78)56-30-23-31-57(48-56)80-58-45-46-65-64-39-18-19-42-69(64)79(72(65)49-58)73-50-66(53-27-16-17-28-53)67(51-76-73)54-25-8-4-9-26-54;/h4-15,18-26,29-47,50-51,53H,16-17,27-28H2,1-3H3;/q-2;/i4D,5D,6D,7D,8D,9D,10D,11D,12D,13D,14D,15D,22D,25D,26D,29D,32D,33D,34D,35D,36D,37D,38D,47D,53D;. The summed E-state index contributed by atoms with van der Waals surface area (Å²) >= 11 is 0. The first-order chi connectivity index (χ1) is 50.1. The van der Waals surface area contributed by atoms with Gasteiger partial charge < -0.3 is 13.9 Å². The van der Waals surface area contributed by atoms with Gasteiger partial charge in [-0.05, 0) is 95.9 Å². The van der Waals surface area contributed by atoms with Crippen LogP contribution in [0.1, 0.15) is 97.7 Å². The van der Waals surface area contributed by atoms with Crippen LogP contribution in [-0.4, -0.2) is 22.2 Å². The number of aromatic nitrogens is 4. The molecule has 5 nitrogen and oxygen atoms in total. The Morgan fingerprint density at radius 3 is 1.90 bits per heavy atom. The second-order valence-electron chi connectivity index (χ2n) is 20.5. The van der Waals surface area contributed by atoms with E-state index in [9.17, 15) is 15.1 Å². The van der Waals surface area contributed by atoms with E-state index in [4.69, 9.17) is 28.9 Å².